The number of pyridine rings is 1. The van der Waals surface area contributed by atoms with Crippen molar-refractivity contribution in [2.75, 3.05) is 0 Å². The van der Waals surface area contributed by atoms with Crippen molar-refractivity contribution in [1.82, 2.24) is 4.98 Å². The Morgan fingerprint density at radius 1 is 0.938 bits per heavy atom. The first-order chi connectivity index (χ1) is 7.95. The zero-order valence-corrected chi connectivity index (χ0v) is 9.26. The molecule has 0 atom stereocenters. The van der Waals surface area contributed by atoms with E-state index in [1.807, 2.05) is 12.3 Å². The summed E-state index contributed by atoms with van der Waals surface area (Å²) in [6.07, 6.45) is 5.88. The van der Waals surface area contributed by atoms with E-state index in [1.165, 1.54) is 36.1 Å². The van der Waals surface area contributed by atoms with Crippen molar-refractivity contribution < 1.29 is 0 Å². The molecule has 1 nitrogen and oxygen atoms in total. The molecule has 80 valence electrons. The van der Waals surface area contributed by atoms with Crippen LogP contribution in [0.3, 0.4) is 0 Å². The summed E-state index contributed by atoms with van der Waals surface area (Å²) in [4.78, 5) is 4.58. The highest BCUT2D eigenvalue weighted by Gasteiger charge is 2.23. The smallest absolute Gasteiger partial charge is 0.0512 e. The van der Waals surface area contributed by atoms with E-state index in [0.29, 0.717) is 5.92 Å². The van der Waals surface area contributed by atoms with Crippen molar-refractivity contribution in [2.45, 2.75) is 25.2 Å². The summed E-state index contributed by atoms with van der Waals surface area (Å²) in [5.74, 6) is 0.691. The Hall–Kier alpha value is -1.63. The van der Waals surface area contributed by atoms with Crippen LogP contribution in [0.5, 0.6) is 0 Å². The van der Waals surface area contributed by atoms with E-state index in [0.717, 1.165) is 0 Å². The van der Waals surface area contributed by atoms with Crippen molar-refractivity contribution in [3.63, 3.8) is 0 Å². The number of aromatic nitrogens is 1. The Bertz CT molecular complexity index is 472. The summed E-state index contributed by atoms with van der Waals surface area (Å²) in [5, 5.41) is 0. The lowest BCUT2D eigenvalue weighted by molar-refractivity contribution is 0.412. The number of nitrogens with zero attached hydrogens (tertiary/aromatic N) is 1. The normalized spacial score (nSPS) is 15.8. The molecule has 1 heterocycles. The van der Waals surface area contributed by atoms with Crippen LogP contribution in [-0.2, 0) is 0 Å². The van der Waals surface area contributed by atoms with Gasteiger partial charge in [0, 0.05) is 17.7 Å². The maximum atomic E-state index is 4.58. The summed E-state index contributed by atoms with van der Waals surface area (Å²) in [6, 6.07) is 14.8. The van der Waals surface area contributed by atoms with Crippen LogP contribution in [0.15, 0.2) is 48.7 Å². The molecule has 1 saturated carbocycles. The molecule has 0 spiro atoms. The molecule has 0 unspecified atom stereocenters. The molecule has 0 bridgehead atoms. The van der Waals surface area contributed by atoms with Crippen molar-refractivity contribution >= 4 is 0 Å². The second-order valence-corrected chi connectivity index (χ2v) is 4.43. The van der Waals surface area contributed by atoms with Crippen LogP contribution in [0, 0.1) is 0 Å². The average Bonchev–Trinajstić information content (AvgIpc) is 2.29. The summed E-state index contributed by atoms with van der Waals surface area (Å²) < 4.78 is 0. The van der Waals surface area contributed by atoms with Gasteiger partial charge >= 0.3 is 0 Å². The lowest BCUT2D eigenvalue weighted by Crippen LogP contribution is -2.11. The summed E-state index contributed by atoms with van der Waals surface area (Å²) in [5.41, 5.74) is 3.89. The molecular weight excluding hydrogens is 194 g/mol. The van der Waals surface area contributed by atoms with Crippen molar-refractivity contribution in [3.05, 3.63) is 54.4 Å². The van der Waals surface area contributed by atoms with Crippen LogP contribution in [0.25, 0.3) is 11.1 Å². The first-order valence-corrected chi connectivity index (χ1v) is 5.95. The zero-order chi connectivity index (χ0) is 10.8. The molecule has 0 radical (unpaired) electrons. The Morgan fingerprint density at radius 2 is 1.75 bits per heavy atom. The van der Waals surface area contributed by atoms with E-state index >= 15 is 0 Å². The van der Waals surface area contributed by atoms with Crippen LogP contribution in [-0.4, -0.2) is 4.98 Å². The van der Waals surface area contributed by atoms with Gasteiger partial charge in [0.2, 0.25) is 0 Å². The van der Waals surface area contributed by atoms with Gasteiger partial charge in [-0.05, 0) is 24.5 Å². The Kier molecular flexibility index (Phi) is 2.45. The molecule has 2 aromatic rings. The van der Waals surface area contributed by atoms with Gasteiger partial charge in [-0.1, -0.05) is 42.8 Å². The molecule has 1 aromatic carbocycles. The van der Waals surface area contributed by atoms with Gasteiger partial charge in [0.15, 0.2) is 0 Å². The third-order valence-electron chi connectivity index (χ3n) is 3.42. The van der Waals surface area contributed by atoms with E-state index in [4.69, 9.17) is 0 Å². The molecular formula is C15H15N. The third-order valence-corrected chi connectivity index (χ3v) is 3.42. The molecule has 1 aliphatic rings. The van der Waals surface area contributed by atoms with Gasteiger partial charge in [0.05, 0.1) is 5.69 Å². The van der Waals surface area contributed by atoms with Crippen molar-refractivity contribution in [3.8, 4) is 11.1 Å². The minimum absolute atomic E-state index is 0.691. The highest BCUT2D eigenvalue weighted by molar-refractivity contribution is 5.66. The summed E-state index contributed by atoms with van der Waals surface area (Å²) >= 11 is 0. The van der Waals surface area contributed by atoms with Gasteiger partial charge in [0.25, 0.3) is 0 Å². The van der Waals surface area contributed by atoms with E-state index in [-0.39, 0.29) is 0 Å². The minimum Gasteiger partial charge on any atom is -0.260 e. The Morgan fingerprint density at radius 3 is 2.44 bits per heavy atom. The van der Waals surface area contributed by atoms with Gasteiger partial charge in [-0.25, -0.2) is 0 Å². The molecule has 0 N–H and O–H groups in total. The quantitative estimate of drug-likeness (QED) is 0.728. The second-order valence-electron chi connectivity index (χ2n) is 4.43. The van der Waals surface area contributed by atoms with Crippen LogP contribution in [0.4, 0.5) is 0 Å². The van der Waals surface area contributed by atoms with E-state index in [9.17, 15) is 0 Å². The third kappa shape index (κ3) is 1.63. The first kappa shape index (κ1) is 9.59. The fraction of sp³-hybridized carbons (Fsp3) is 0.267. The van der Waals surface area contributed by atoms with Crippen LogP contribution in [0.1, 0.15) is 30.9 Å². The van der Waals surface area contributed by atoms with Gasteiger partial charge in [-0.3, -0.25) is 4.98 Å². The maximum Gasteiger partial charge on any atom is 0.0512 e. The Labute approximate surface area is 96.2 Å². The van der Waals surface area contributed by atoms with Crippen molar-refractivity contribution in [2.24, 2.45) is 0 Å². The number of rotatable bonds is 2. The molecule has 0 aliphatic heterocycles. The number of benzene rings is 1. The standard InChI is InChI=1S/C15H15N/c1-2-6-12(7-3-1)14-10-5-11-16-15(14)13-8-4-9-13/h1-3,5-7,10-11,13H,4,8-9H2. The molecule has 3 rings (SSSR count). The molecule has 1 fully saturated rings. The van der Waals surface area contributed by atoms with E-state index < -0.39 is 0 Å². The van der Waals surface area contributed by atoms with Crippen LogP contribution in [0.2, 0.25) is 0 Å². The second kappa shape index (κ2) is 4.09. The highest BCUT2D eigenvalue weighted by Crippen LogP contribution is 2.39. The monoisotopic (exact) mass is 209 g/mol. The first-order valence-electron chi connectivity index (χ1n) is 5.95. The fourth-order valence-electron chi connectivity index (χ4n) is 2.29. The lowest BCUT2D eigenvalue weighted by atomic mass is 9.80. The zero-order valence-electron chi connectivity index (χ0n) is 9.26. The molecule has 1 heteroatoms. The van der Waals surface area contributed by atoms with Crippen LogP contribution >= 0.6 is 0 Å². The number of hydrogen-bond donors (Lipinski definition) is 0. The van der Waals surface area contributed by atoms with E-state index in [1.54, 1.807) is 0 Å². The van der Waals surface area contributed by atoms with Crippen LogP contribution < -0.4 is 0 Å². The molecule has 16 heavy (non-hydrogen) atoms. The maximum absolute atomic E-state index is 4.58. The summed E-state index contributed by atoms with van der Waals surface area (Å²) in [7, 11) is 0. The summed E-state index contributed by atoms with van der Waals surface area (Å²) in [6.45, 7) is 0. The molecule has 1 aliphatic carbocycles. The Balaban J connectivity index is 2.06. The van der Waals surface area contributed by atoms with E-state index in [2.05, 4.69) is 41.4 Å². The molecule has 0 saturated heterocycles. The van der Waals surface area contributed by atoms with Crippen molar-refractivity contribution in [1.29, 1.82) is 0 Å². The number of hydrogen-bond acceptors (Lipinski definition) is 1. The van der Waals surface area contributed by atoms with Gasteiger partial charge < -0.3 is 0 Å². The lowest BCUT2D eigenvalue weighted by Gasteiger charge is -2.26. The highest BCUT2D eigenvalue weighted by atomic mass is 14.7. The fourth-order valence-corrected chi connectivity index (χ4v) is 2.29. The van der Waals surface area contributed by atoms with Gasteiger partial charge in [0.1, 0.15) is 0 Å². The molecule has 1 aromatic heterocycles. The average molecular weight is 209 g/mol. The predicted octanol–water partition coefficient (Wildman–Crippen LogP) is 4.02. The minimum atomic E-state index is 0.691. The van der Waals surface area contributed by atoms with Gasteiger partial charge in [-0.2, -0.15) is 0 Å². The van der Waals surface area contributed by atoms with Gasteiger partial charge in [-0.15, -0.1) is 0 Å². The SMILES string of the molecule is c1ccc(-c2cccnc2C2CCC2)cc1. The molecule has 0 amide bonds. The predicted molar refractivity (Wildman–Crippen MR) is 66.3 cm³/mol. The topological polar surface area (TPSA) is 12.9 Å². The largest absolute Gasteiger partial charge is 0.260 e.